The van der Waals surface area contributed by atoms with Crippen LogP contribution in [0.25, 0.3) is 0 Å². The van der Waals surface area contributed by atoms with E-state index in [2.05, 4.69) is 16.0 Å². The van der Waals surface area contributed by atoms with E-state index in [0.717, 1.165) is 11.1 Å². The molecule has 10 heteroatoms. The second-order valence-corrected chi connectivity index (χ2v) is 8.48. The third-order valence-corrected chi connectivity index (χ3v) is 5.92. The standard InChI is InChI=1S/C19H29N3O5S2/c1-20-17(23)7-8-18(24)27-10-12-29-28-11-9-21-19(25)22-13-15-3-5-16(6-4-15)14-26-2/h3-6H,7-14H2,1-2H3,(H,20,23)(H2,21,22,25)/i2TD. The summed E-state index contributed by atoms with van der Waals surface area (Å²) in [5.41, 5.74) is 1.80. The Morgan fingerprint density at radius 1 is 1.10 bits per heavy atom. The van der Waals surface area contributed by atoms with E-state index in [-0.39, 0.29) is 44.0 Å². The van der Waals surface area contributed by atoms with E-state index in [1.807, 2.05) is 24.3 Å². The second kappa shape index (κ2) is 15.9. The molecular weight excluding hydrogens is 414 g/mol. The van der Waals surface area contributed by atoms with Crippen molar-refractivity contribution in [1.82, 2.24) is 16.0 Å². The zero-order valence-corrected chi connectivity index (χ0v) is 18.0. The Hall–Kier alpha value is -1.91. The Bertz CT molecular complexity index is 681. The molecule has 0 aromatic heterocycles. The van der Waals surface area contributed by atoms with E-state index in [1.54, 1.807) is 21.6 Å². The van der Waals surface area contributed by atoms with Crippen molar-refractivity contribution in [3.05, 3.63) is 35.4 Å². The summed E-state index contributed by atoms with van der Waals surface area (Å²) in [7, 11) is 3.34. The lowest BCUT2D eigenvalue weighted by Gasteiger charge is -2.08. The van der Waals surface area contributed by atoms with Crippen molar-refractivity contribution in [3.63, 3.8) is 0 Å². The zero-order valence-electron chi connectivity index (χ0n) is 18.4. The van der Waals surface area contributed by atoms with E-state index < -0.39 is 7.06 Å². The van der Waals surface area contributed by atoms with Crippen LogP contribution in [-0.2, 0) is 32.2 Å². The molecule has 8 nitrogen and oxygen atoms in total. The second-order valence-electron chi connectivity index (χ2n) is 5.77. The predicted octanol–water partition coefficient (Wildman–Crippen LogP) is 2.08. The van der Waals surface area contributed by atoms with Crippen LogP contribution in [0.3, 0.4) is 0 Å². The molecule has 29 heavy (non-hydrogen) atoms. The molecule has 0 radical (unpaired) electrons. The number of benzene rings is 1. The summed E-state index contributed by atoms with van der Waals surface area (Å²) in [6.45, 7) is 1.39. The third-order valence-electron chi connectivity index (χ3n) is 3.55. The number of hydrogen-bond donors (Lipinski definition) is 3. The highest BCUT2D eigenvalue weighted by Gasteiger charge is 2.06. The molecule has 162 valence electrons. The van der Waals surface area contributed by atoms with Gasteiger partial charge in [-0.15, -0.1) is 0 Å². The molecule has 1 rings (SSSR count). The topological polar surface area (TPSA) is 106 Å². The Labute approximate surface area is 182 Å². The van der Waals surface area contributed by atoms with Crippen LogP contribution in [0.2, 0.25) is 0 Å². The minimum absolute atomic E-state index is 0.0769. The van der Waals surface area contributed by atoms with Crippen molar-refractivity contribution in [3.8, 4) is 0 Å². The first-order valence-corrected chi connectivity index (χ1v) is 11.6. The molecule has 0 fully saturated rings. The SMILES string of the molecule is [2H]C([3H])OCc1ccc(CNC(=O)NCCSSCCOC(=O)CCC(=O)NC)cc1. The summed E-state index contributed by atoms with van der Waals surface area (Å²) in [4.78, 5) is 34.3. The highest BCUT2D eigenvalue weighted by Crippen LogP contribution is 2.19. The van der Waals surface area contributed by atoms with Gasteiger partial charge in [-0.05, 0) is 11.1 Å². The van der Waals surface area contributed by atoms with Gasteiger partial charge in [0.05, 0.1) is 15.8 Å². The van der Waals surface area contributed by atoms with Gasteiger partial charge in [-0.25, -0.2) is 4.79 Å². The molecule has 0 saturated heterocycles. The summed E-state index contributed by atoms with van der Waals surface area (Å²) in [6, 6.07) is 7.14. The van der Waals surface area contributed by atoms with Crippen molar-refractivity contribution in [2.45, 2.75) is 26.0 Å². The molecule has 0 aliphatic heterocycles. The van der Waals surface area contributed by atoms with Gasteiger partial charge in [0, 0.05) is 45.1 Å². The van der Waals surface area contributed by atoms with Gasteiger partial charge in [0.15, 0.2) is 0 Å². The van der Waals surface area contributed by atoms with E-state index in [9.17, 15) is 14.4 Å². The lowest BCUT2D eigenvalue weighted by molar-refractivity contribution is -0.144. The lowest BCUT2D eigenvalue weighted by Crippen LogP contribution is -2.36. The maximum Gasteiger partial charge on any atom is 0.315 e. The average Bonchev–Trinajstić information content (AvgIpc) is 2.76. The third kappa shape index (κ3) is 13.0. The van der Waals surface area contributed by atoms with Crippen LogP contribution in [0.1, 0.15) is 26.7 Å². The van der Waals surface area contributed by atoms with Crippen LogP contribution in [0.5, 0.6) is 0 Å². The van der Waals surface area contributed by atoms with Crippen LogP contribution in [0.15, 0.2) is 24.3 Å². The molecule has 1 aromatic carbocycles. The molecule has 1 atom stereocenters. The molecule has 0 heterocycles. The number of ether oxygens (including phenoxy) is 2. The first kappa shape index (κ1) is 21.8. The number of rotatable bonds is 14. The Morgan fingerprint density at radius 3 is 2.55 bits per heavy atom. The smallest absolute Gasteiger partial charge is 0.315 e. The monoisotopic (exact) mass is 446 g/mol. The summed E-state index contributed by atoms with van der Waals surface area (Å²) in [5.74, 6) is 0.772. The Balaban J connectivity index is 2.00. The number of methoxy groups -OCH3 is 1. The molecule has 0 spiro atoms. The largest absolute Gasteiger partial charge is 0.465 e. The zero-order chi connectivity index (χ0) is 22.9. The van der Waals surface area contributed by atoms with Gasteiger partial charge in [0.2, 0.25) is 5.91 Å². The highest BCUT2D eigenvalue weighted by atomic mass is 33.1. The predicted molar refractivity (Wildman–Crippen MR) is 117 cm³/mol. The summed E-state index contributed by atoms with van der Waals surface area (Å²) >= 11 is 0. The summed E-state index contributed by atoms with van der Waals surface area (Å²) in [5, 5.41) is 7.99. The molecular formula is C19H29N3O5S2. The quantitative estimate of drug-likeness (QED) is 0.228. The van der Waals surface area contributed by atoms with E-state index in [4.69, 9.17) is 12.2 Å². The number of carbonyl (C=O) groups is 3. The molecule has 1 unspecified atom stereocenters. The number of urea groups is 1. The fourth-order valence-corrected chi connectivity index (χ4v) is 3.75. The average molecular weight is 447 g/mol. The number of nitrogens with one attached hydrogen (secondary N) is 3. The van der Waals surface area contributed by atoms with Crippen molar-refractivity contribution in [2.24, 2.45) is 0 Å². The molecule has 0 aliphatic rings. The minimum atomic E-state index is -1.30. The summed E-state index contributed by atoms with van der Waals surface area (Å²) in [6.07, 6.45) is 0.207. The van der Waals surface area contributed by atoms with Crippen LogP contribution < -0.4 is 16.0 Å². The van der Waals surface area contributed by atoms with Gasteiger partial charge in [-0.3, -0.25) is 9.59 Å². The fourth-order valence-electron chi connectivity index (χ4n) is 2.02. The van der Waals surface area contributed by atoms with Gasteiger partial charge >= 0.3 is 12.0 Å². The number of esters is 1. The van der Waals surface area contributed by atoms with Gasteiger partial charge in [0.1, 0.15) is 6.61 Å². The molecule has 0 bridgehead atoms. The van der Waals surface area contributed by atoms with Gasteiger partial charge in [-0.2, -0.15) is 0 Å². The van der Waals surface area contributed by atoms with Gasteiger partial charge < -0.3 is 25.4 Å². The van der Waals surface area contributed by atoms with E-state index >= 15 is 0 Å². The first-order valence-electron chi connectivity index (χ1n) is 10.2. The van der Waals surface area contributed by atoms with Crippen molar-refractivity contribution >= 4 is 39.5 Å². The van der Waals surface area contributed by atoms with Crippen molar-refractivity contribution in [1.29, 1.82) is 0 Å². The normalized spacial score (nSPS) is 12.3. The van der Waals surface area contributed by atoms with Crippen LogP contribution >= 0.6 is 21.6 Å². The first-order chi connectivity index (χ1) is 14.9. The molecule has 3 N–H and O–H groups in total. The fraction of sp³-hybridized carbons (Fsp3) is 0.526. The van der Waals surface area contributed by atoms with Crippen molar-refractivity contribution in [2.75, 3.05) is 38.8 Å². The molecule has 1 aromatic rings. The molecule has 0 saturated carbocycles. The summed E-state index contributed by atoms with van der Waals surface area (Å²) < 4.78 is 23.9. The maximum absolute atomic E-state index is 11.8. The number of hydrogen-bond acceptors (Lipinski definition) is 7. The van der Waals surface area contributed by atoms with Gasteiger partial charge in [0.25, 0.3) is 0 Å². The highest BCUT2D eigenvalue weighted by molar-refractivity contribution is 8.76. The maximum atomic E-state index is 11.8. The molecule has 0 aliphatic carbocycles. The van der Waals surface area contributed by atoms with Crippen molar-refractivity contribution < 1.29 is 26.6 Å². The lowest BCUT2D eigenvalue weighted by atomic mass is 10.1. The minimum Gasteiger partial charge on any atom is -0.465 e. The van der Waals surface area contributed by atoms with Crippen LogP contribution in [-0.4, -0.2) is 56.7 Å². The Morgan fingerprint density at radius 2 is 1.83 bits per heavy atom. The van der Waals surface area contributed by atoms with E-state index in [1.165, 1.54) is 7.05 Å². The number of carbonyl (C=O) groups excluding carboxylic acids is 3. The molecule has 3 amide bonds. The Kier molecular flexibility index (Phi) is 12.0. The van der Waals surface area contributed by atoms with Gasteiger partial charge in [-0.1, -0.05) is 45.9 Å². The van der Waals surface area contributed by atoms with E-state index in [0.29, 0.717) is 24.6 Å². The van der Waals surface area contributed by atoms with Crippen LogP contribution in [0.4, 0.5) is 4.79 Å². The number of amides is 3. The van der Waals surface area contributed by atoms with Crippen LogP contribution in [0, 0.1) is 0 Å².